The molecule has 2 fully saturated rings. The summed E-state index contributed by atoms with van der Waals surface area (Å²) in [5, 5.41) is 2.90. The maximum Gasteiger partial charge on any atom is 0.338 e. The zero-order valence-electron chi connectivity index (χ0n) is 17.6. The molecule has 1 aliphatic heterocycles. The Morgan fingerprint density at radius 1 is 1.13 bits per heavy atom. The molecule has 0 bridgehead atoms. The van der Waals surface area contributed by atoms with Crippen LogP contribution in [-0.4, -0.2) is 57.4 Å². The van der Waals surface area contributed by atoms with Gasteiger partial charge >= 0.3 is 5.97 Å². The van der Waals surface area contributed by atoms with Crippen molar-refractivity contribution in [2.45, 2.75) is 56.4 Å². The summed E-state index contributed by atoms with van der Waals surface area (Å²) < 4.78 is 37.6. The second-order valence-corrected chi connectivity index (χ2v) is 9.98. The Morgan fingerprint density at radius 3 is 2.43 bits per heavy atom. The van der Waals surface area contributed by atoms with Gasteiger partial charge in [-0.05, 0) is 62.6 Å². The van der Waals surface area contributed by atoms with Crippen molar-refractivity contribution in [2.24, 2.45) is 5.92 Å². The van der Waals surface area contributed by atoms with E-state index in [4.69, 9.17) is 9.47 Å². The predicted octanol–water partition coefficient (Wildman–Crippen LogP) is 2.33. The molecule has 1 aromatic rings. The number of rotatable bonds is 7. The highest BCUT2D eigenvalue weighted by Crippen LogP contribution is 2.30. The Morgan fingerprint density at radius 2 is 1.80 bits per heavy atom. The molecule has 0 aromatic heterocycles. The number of hydrogen-bond acceptors (Lipinski definition) is 6. The highest BCUT2D eigenvalue weighted by atomic mass is 32.2. The number of methoxy groups -OCH3 is 1. The van der Waals surface area contributed by atoms with Crippen LogP contribution in [0, 0.1) is 5.92 Å². The van der Waals surface area contributed by atoms with Crippen molar-refractivity contribution in [1.29, 1.82) is 0 Å². The first-order valence-electron chi connectivity index (χ1n) is 10.5. The first-order valence-corrected chi connectivity index (χ1v) is 11.9. The van der Waals surface area contributed by atoms with Crippen molar-refractivity contribution in [2.75, 3.05) is 26.8 Å². The van der Waals surface area contributed by atoms with E-state index in [-0.39, 0.29) is 28.2 Å². The molecule has 1 amide bonds. The molecule has 0 unspecified atom stereocenters. The van der Waals surface area contributed by atoms with Gasteiger partial charge in [0.15, 0.2) is 6.61 Å². The van der Waals surface area contributed by atoms with Crippen LogP contribution >= 0.6 is 0 Å². The average Bonchev–Trinajstić information content (AvgIpc) is 3.29. The maximum atomic E-state index is 12.9. The van der Waals surface area contributed by atoms with E-state index in [2.05, 4.69) is 12.2 Å². The van der Waals surface area contributed by atoms with Crippen molar-refractivity contribution in [3.05, 3.63) is 23.8 Å². The summed E-state index contributed by atoms with van der Waals surface area (Å²) in [4.78, 5) is 24.5. The molecule has 8 nitrogen and oxygen atoms in total. The summed E-state index contributed by atoms with van der Waals surface area (Å²) in [6.07, 6.45) is 5.61. The molecule has 9 heteroatoms. The first kappa shape index (κ1) is 22.6. The van der Waals surface area contributed by atoms with Gasteiger partial charge in [-0.1, -0.05) is 6.92 Å². The number of sulfonamides is 1. The lowest BCUT2D eigenvalue weighted by Crippen LogP contribution is -2.39. The van der Waals surface area contributed by atoms with Gasteiger partial charge in [0, 0.05) is 19.1 Å². The fraction of sp³-hybridized carbons (Fsp3) is 0.619. The predicted molar refractivity (Wildman–Crippen MR) is 111 cm³/mol. The maximum absolute atomic E-state index is 12.9. The fourth-order valence-electron chi connectivity index (χ4n) is 3.96. The second kappa shape index (κ2) is 9.78. The van der Waals surface area contributed by atoms with E-state index in [0.29, 0.717) is 19.0 Å². The molecular weight excluding hydrogens is 408 g/mol. The molecule has 1 saturated carbocycles. The van der Waals surface area contributed by atoms with E-state index in [1.807, 2.05) is 0 Å². The van der Waals surface area contributed by atoms with Crippen LogP contribution in [-0.2, 0) is 19.6 Å². The summed E-state index contributed by atoms with van der Waals surface area (Å²) >= 11 is 0. The Labute approximate surface area is 178 Å². The number of carbonyl (C=O) groups is 2. The van der Waals surface area contributed by atoms with Crippen molar-refractivity contribution in [1.82, 2.24) is 9.62 Å². The summed E-state index contributed by atoms with van der Waals surface area (Å²) in [7, 11) is -2.39. The number of esters is 1. The van der Waals surface area contributed by atoms with Gasteiger partial charge < -0.3 is 14.8 Å². The minimum absolute atomic E-state index is 0.0628. The van der Waals surface area contributed by atoms with E-state index >= 15 is 0 Å². The normalized spacial score (nSPS) is 22.5. The molecule has 3 rings (SSSR count). The fourth-order valence-corrected chi connectivity index (χ4v) is 5.66. The topological polar surface area (TPSA) is 102 Å². The van der Waals surface area contributed by atoms with Gasteiger partial charge in [-0.2, -0.15) is 4.31 Å². The smallest absolute Gasteiger partial charge is 0.338 e. The molecule has 1 saturated heterocycles. The Kier molecular flexibility index (Phi) is 7.36. The zero-order chi connectivity index (χ0) is 21.7. The lowest BCUT2D eigenvalue weighted by atomic mass is 9.87. The van der Waals surface area contributed by atoms with Crippen LogP contribution in [0.4, 0.5) is 0 Å². The highest BCUT2D eigenvalue weighted by Gasteiger charge is 2.31. The third-order valence-corrected chi connectivity index (χ3v) is 7.72. The van der Waals surface area contributed by atoms with E-state index in [1.165, 1.54) is 29.6 Å². The summed E-state index contributed by atoms with van der Waals surface area (Å²) in [5.74, 6) is -0.246. The quantitative estimate of drug-likeness (QED) is 0.656. The molecule has 1 heterocycles. The van der Waals surface area contributed by atoms with Gasteiger partial charge in [-0.3, -0.25) is 4.79 Å². The van der Waals surface area contributed by atoms with Crippen molar-refractivity contribution in [3.63, 3.8) is 0 Å². The Balaban J connectivity index is 1.64. The van der Waals surface area contributed by atoms with E-state index in [9.17, 15) is 18.0 Å². The van der Waals surface area contributed by atoms with Gasteiger partial charge in [-0.15, -0.1) is 0 Å². The third kappa shape index (κ3) is 5.31. The summed E-state index contributed by atoms with van der Waals surface area (Å²) in [5.41, 5.74) is 0.0628. The van der Waals surface area contributed by atoms with Gasteiger partial charge in [-0.25, -0.2) is 13.2 Å². The molecule has 1 N–H and O–H groups in total. The molecule has 1 aliphatic carbocycles. The summed E-state index contributed by atoms with van der Waals surface area (Å²) in [6.45, 7) is 2.69. The number of amides is 1. The molecule has 0 spiro atoms. The monoisotopic (exact) mass is 438 g/mol. The van der Waals surface area contributed by atoms with E-state index < -0.39 is 22.6 Å². The van der Waals surface area contributed by atoms with Gasteiger partial charge in [0.25, 0.3) is 5.91 Å². The van der Waals surface area contributed by atoms with Gasteiger partial charge in [0.2, 0.25) is 10.0 Å². The average molecular weight is 439 g/mol. The van der Waals surface area contributed by atoms with Crippen LogP contribution in [0.25, 0.3) is 0 Å². The zero-order valence-corrected chi connectivity index (χ0v) is 18.4. The minimum Gasteiger partial charge on any atom is -0.495 e. The number of nitrogens with one attached hydrogen (secondary N) is 1. The lowest BCUT2D eigenvalue weighted by Gasteiger charge is -2.26. The van der Waals surface area contributed by atoms with Crippen molar-refractivity contribution >= 4 is 21.9 Å². The molecule has 0 atom stereocenters. The van der Waals surface area contributed by atoms with Crippen LogP contribution in [0.1, 0.15) is 55.8 Å². The van der Waals surface area contributed by atoms with Crippen LogP contribution in [0.2, 0.25) is 0 Å². The molecular formula is C21H30N2O6S. The van der Waals surface area contributed by atoms with Crippen LogP contribution in [0.3, 0.4) is 0 Å². The number of carbonyl (C=O) groups excluding carboxylic acids is 2. The van der Waals surface area contributed by atoms with Crippen LogP contribution < -0.4 is 10.1 Å². The third-order valence-electron chi connectivity index (χ3n) is 5.80. The standard InChI is InChI=1S/C21H30N2O6S/c1-15-5-8-17(9-6-15)22-20(24)14-29-21(25)16-7-10-18(28-2)19(13-16)30(26,27)23-11-3-4-12-23/h7,10,13,15,17H,3-6,8-9,11-12,14H2,1-2H3,(H,22,24). The number of hydrogen-bond donors (Lipinski definition) is 1. The first-order chi connectivity index (χ1) is 14.3. The van der Waals surface area contributed by atoms with E-state index in [1.54, 1.807) is 0 Å². The van der Waals surface area contributed by atoms with Crippen molar-refractivity contribution in [3.8, 4) is 5.75 Å². The molecule has 0 radical (unpaired) electrons. The molecule has 166 valence electrons. The number of ether oxygens (including phenoxy) is 2. The summed E-state index contributed by atoms with van der Waals surface area (Å²) in [6, 6.07) is 4.24. The number of nitrogens with zero attached hydrogens (tertiary/aromatic N) is 1. The minimum atomic E-state index is -3.77. The number of benzene rings is 1. The Bertz CT molecular complexity index is 871. The molecule has 2 aliphatic rings. The van der Waals surface area contributed by atoms with Crippen molar-refractivity contribution < 1.29 is 27.5 Å². The molecule has 30 heavy (non-hydrogen) atoms. The largest absolute Gasteiger partial charge is 0.495 e. The lowest BCUT2D eigenvalue weighted by molar-refractivity contribution is -0.125. The van der Waals surface area contributed by atoms with Gasteiger partial charge in [0.05, 0.1) is 12.7 Å². The molecule has 1 aromatic carbocycles. The van der Waals surface area contributed by atoms with Crippen LogP contribution in [0.15, 0.2) is 23.1 Å². The SMILES string of the molecule is COc1ccc(C(=O)OCC(=O)NC2CCC(C)CC2)cc1S(=O)(=O)N1CCCC1. The van der Waals surface area contributed by atoms with E-state index in [0.717, 1.165) is 38.5 Å². The Hall–Kier alpha value is -2.13. The second-order valence-electron chi connectivity index (χ2n) is 8.08. The van der Waals surface area contributed by atoms with Gasteiger partial charge in [0.1, 0.15) is 10.6 Å². The highest BCUT2D eigenvalue weighted by molar-refractivity contribution is 7.89. The van der Waals surface area contributed by atoms with Crippen LogP contribution in [0.5, 0.6) is 5.75 Å².